The standard InChI is InChI=1S/C20H24F2N4O.ClH/c1-12-7-8-25(14(9-12)11-23)20(27)19-15-3-2-4-18(15)26(24-19)13-5-6-16(21)17(22)10-13;/h5-6,10,12,14H,2-4,7-9,11,23H2,1H3;1H. The van der Waals surface area contributed by atoms with Crippen molar-refractivity contribution in [1.29, 1.82) is 0 Å². The summed E-state index contributed by atoms with van der Waals surface area (Å²) in [6.45, 7) is 3.29. The third kappa shape index (κ3) is 3.53. The van der Waals surface area contributed by atoms with Crippen LogP contribution in [0.25, 0.3) is 5.69 Å². The van der Waals surface area contributed by atoms with E-state index in [4.69, 9.17) is 5.73 Å². The highest BCUT2D eigenvalue weighted by atomic mass is 35.5. The molecule has 4 rings (SSSR count). The Labute approximate surface area is 169 Å². The van der Waals surface area contributed by atoms with Gasteiger partial charge in [0.25, 0.3) is 5.91 Å². The third-order valence-electron chi connectivity index (χ3n) is 5.79. The van der Waals surface area contributed by atoms with E-state index in [1.165, 1.54) is 6.07 Å². The van der Waals surface area contributed by atoms with E-state index in [1.807, 2.05) is 4.90 Å². The number of amides is 1. The number of carbonyl (C=O) groups excluding carboxylic acids is 1. The van der Waals surface area contributed by atoms with E-state index in [9.17, 15) is 13.6 Å². The van der Waals surface area contributed by atoms with Crippen molar-refractivity contribution in [2.75, 3.05) is 13.1 Å². The van der Waals surface area contributed by atoms with Crippen LogP contribution in [0, 0.1) is 17.6 Å². The molecule has 1 aromatic carbocycles. The lowest BCUT2D eigenvalue weighted by Gasteiger charge is -2.37. The first kappa shape index (κ1) is 20.7. The number of benzene rings is 1. The predicted octanol–water partition coefficient (Wildman–Crippen LogP) is 3.26. The Kier molecular flexibility index (Phi) is 6.05. The molecule has 1 aliphatic heterocycles. The second-order valence-electron chi connectivity index (χ2n) is 7.66. The first-order valence-electron chi connectivity index (χ1n) is 9.56. The highest BCUT2D eigenvalue weighted by molar-refractivity contribution is 5.94. The van der Waals surface area contributed by atoms with Crippen LogP contribution in [0.5, 0.6) is 0 Å². The second kappa shape index (κ2) is 8.17. The number of carbonyl (C=O) groups is 1. The minimum atomic E-state index is -0.921. The van der Waals surface area contributed by atoms with Crippen molar-refractivity contribution in [3.05, 3.63) is 46.8 Å². The van der Waals surface area contributed by atoms with Crippen LogP contribution >= 0.6 is 12.4 Å². The van der Waals surface area contributed by atoms with Crippen molar-refractivity contribution >= 4 is 18.3 Å². The monoisotopic (exact) mass is 410 g/mol. The third-order valence-corrected chi connectivity index (χ3v) is 5.79. The number of aromatic nitrogens is 2. The Morgan fingerprint density at radius 1 is 1.29 bits per heavy atom. The van der Waals surface area contributed by atoms with Gasteiger partial charge in [0, 0.05) is 36.5 Å². The number of fused-ring (bicyclic) bond motifs is 1. The molecule has 2 N–H and O–H groups in total. The lowest BCUT2D eigenvalue weighted by molar-refractivity contribution is 0.0566. The molecule has 1 fully saturated rings. The van der Waals surface area contributed by atoms with Gasteiger partial charge in [-0.25, -0.2) is 13.5 Å². The van der Waals surface area contributed by atoms with Crippen molar-refractivity contribution in [3.63, 3.8) is 0 Å². The van der Waals surface area contributed by atoms with Crippen molar-refractivity contribution in [3.8, 4) is 5.69 Å². The van der Waals surface area contributed by atoms with Gasteiger partial charge in [0.05, 0.1) is 5.69 Å². The number of halogens is 3. The minimum Gasteiger partial charge on any atom is -0.333 e. The van der Waals surface area contributed by atoms with Crippen LogP contribution in [0.1, 0.15) is 47.9 Å². The summed E-state index contributed by atoms with van der Waals surface area (Å²) in [6.07, 6.45) is 4.32. The molecule has 2 atom stereocenters. The van der Waals surface area contributed by atoms with Crippen LogP contribution in [0.3, 0.4) is 0 Å². The molecule has 2 aliphatic rings. The van der Waals surface area contributed by atoms with E-state index in [-0.39, 0.29) is 24.4 Å². The number of hydrogen-bond donors (Lipinski definition) is 1. The maximum Gasteiger partial charge on any atom is 0.274 e. The first-order chi connectivity index (χ1) is 13.0. The van der Waals surface area contributed by atoms with Crippen LogP contribution in [0.15, 0.2) is 18.2 Å². The summed E-state index contributed by atoms with van der Waals surface area (Å²) >= 11 is 0. The molecule has 28 heavy (non-hydrogen) atoms. The van der Waals surface area contributed by atoms with Crippen LogP contribution < -0.4 is 5.73 Å². The van der Waals surface area contributed by atoms with E-state index in [0.29, 0.717) is 30.4 Å². The Morgan fingerprint density at radius 2 is 2.07 bits per heavy atom. The highest BCUT2D eigenvalue weighted by Crippen LogP contribution is 2.31. The van der Waals surface area contributed by atoms with Gasteiger partial charge in [0.1, 0.15) is 0 Å². The molecule has 152 valence electrons. The summed E-state index contributed by atoms with van der Waals surface area (Å²) < 4.78 is 28.6. The predicted molar refractivity (Wildman–Crippen MR) is 105 cm³/mol. The summed E-state index contributed by atoms with van der Waals surface area (Å²) in [5.41, 5.74) is 8.63. The van der Waals surface area contributed by atoms with E-state index < -0.39 is 11.6 Å². The smallest absolute Gasteiger partial charge is 0.274 e. The van der Waals surface area contributed by atoms with Gasteiger partial charge in [0.15, 0.2) is 17.3 Å². The Balaban J connectivity index is 0.00000225. The van der Waals surface area contributed by atoms with Gasteiger partial charge >= 0.3 is 0 Å². The SMILES string of the molecule is CC1CCN(C(=O)c2nn(-c3ccc(F)c(F)c3)c3c2CCC3)C(CN)C1.Cl. The minimum absolute atomic E-state index is 0. The largest absolute Gasteiger partial charge is 0.333 e. The maximum absolute atomic E-state index is 13.7. The highest BCUT2D eigenvalue weighted by Gasteiger charge is 2.34. The molecular weight excluding hydrogens is 386 g/mol. The number of likely N-dealkylation sites (tertiary alicyclic amines) is 1. The van der Waals surface area contributed by atoms with E-state index >= 15 is 0 Å². The molecule has 5 nitrogen and oxygen atoms in total. The zero-order valence-electron chi connectivity index (χ0n) is 15.8. The average molecular weight is 411 g/mol. The lowest BCUT2D eigenvalue weighted by Crippen LogP contribution is -2.49. The van der Waals surface area contributed by atoms with Gasteiger partial charge in [-0.3, -0.25) is 4.79 Å². The van der Waals surface area contributed by atoms with Crippen LogP contribution in [-0.2, 0) is 12.8 Å². The molecule has 2 heterocycles. The van der Waals surface area contributed by atoms with Crippen molar-refractivity contribution in [1.82, 2.24) is 14.7 Å². The molecule has 0 spiro atoms. The quantitative estimate of drug-likeness (QED) is 0.844. The molecule has 2 unspecified atom stereocenters. The molecule has 8 heteroatoms. The zero-order valence-corrected chi connectivity index (χ0v) is 16.6. The lowest BCUT2D eigenvalue weighted by atomic mass is 9.92. The number of hydrogen-bond acceptors (Lipinski definition) is 3. The molecule has 1 aliphatic carbocycles. The fourth-order valence-corrected chi connectivity index (χ4v) is 4.32. The second-order valence-corrected chi connectivity index (χ2v) is 7.66. The van der Waals surface area contributed by atoms with Crippen molar-refractivity contribution in [2.45, 2.75) is 45.1 Å². The van der Waals surface area contributed by atoms with E-state index in [0.717, 1.165) is 55.5 Å². The molecular formula is C20H25ClF2N4O. The van der Waals surface area contributed by atoms with Crippen LogP contribution in [-0.4, -0.2) is 39.7 Å². The molecule has 1 saturated heterocycles. The Bertz CT molecular complexity index is 885. The van der Waals surface area contributed by atoms with Gasteiger partial charge in [-0.2, -0.15) is 5.10 Å². The molecule has 0 bridgehead atoms. The van der Waals surface area contributed by atoms with E-state index in [2.05, 4.69) is 12.0 Å². The maximum atomic E-state index is 13.7. The first-order valence-corrected chi connectivity index (χ1v) is 9.56. The normalized spacial score (nSPS) is 21.4. The van der Waals surface area contributed by atoms with Gasteiger partial charge in [-0.1, -0.05) is 6.92 Å². The van der Waals surface area contributed by atoms with Crippen molar-refractivity contribution < 1.29 is 13.6 Å². The summed E-state index contributed by atoms with van der Waals surface area (Å²) in [6, 6.07) is 3.72. The molecule has 1 aromatic heterocycles. The number of piperidine rings is 1. The number of rotatable bonds is 3. The fourth-order valence-electron chi connectivity index (χ4n) is 4.32. The Hall–Kier alpha value is -1.99. The van der Waals surface area contributed by atoms with Crippen molar-refractivity contribution in [2.24, 2.45) is 11.7 Å². The van der Waals surface area contributed by atoms with Crippen LogP contribution in [0.4, 0.5) is 8.78 Å². The van der Waals surface area contributed by atoms with Crippen LogP contribution in [0.2, 0.25) is 0 Å². The molecule has 1 amide bonds. The summed E-state index contributed by atoms with van der Waals surface area (Å²) in [5.74, 6) is -1.37. The summed E-state index contributed by atoms with van der Waals surface area (Å²) in [5, 5.41) is 4.53. The summed E-state index contributed by atoms with van der Waals surface area (Å²) in [7, 11) is 0. The Morgan fingerprint density at radius 3 is 2.79 bits per heavy atom. The molecule has 2 aromatic rings. The fraction of sp³-hybridized carbons (Fsp3) is 0.500. The molecule has 0 saturated carbocycles. The van der Waals surface area contributed by atoms with Gasteiger partial charge < -0.3 is 10.6 Å². The van der Waals surface area contributed by atoms with Gasteiger partial charge in [-0.05, 0) is 50.2 Å². The zero-order chi connectivity index (χ0) is 19.1. The molecule has 0 radical (unpaired) electrons. The van der Waals surface area contributed by atoms with Gasteiger partial charge in [0.2, 0.25) is 0 Å². The number of nitrogens with two attached hydrogens (primary N) is 1. The van der Waals surface area contributed by atoms with E-state index in [1.54, 1.807) is 4.68 Å². The summed E-state index contributed by atoms with van der Waals surface area (Å²) in [4.78, 5) is 15.1. The van der Waals surface area contributed by atoms with Gasteiger partial charge in [-0.15, -0.1) is 12.4 Å². The number of nitrogens with zero attached hydrogens (tertiary/aromatic N) is 3. The topological polar surface area (TPSA) is 64.2 Å². The average Bonchev–Trinajstić information content (AvgIpc) is 3.26.